The average Bonchev–Trinajstić information content (AvgIpc) is 2.85. The van der Waals surface area contributed by atoms with Gasteiger partial charge in [-0.3, -0.25) is 4.79 Å². The molecule has 118 valence electrons. The number of amides is 1. The first-order chi connectivity index (χ1) is 10.5. The molecule has 0 aliphatic carbocycles. The second-order valence-corrected chi connectivity index (χ2v) is 6.20. The molecule has 0 unspecified atom stereocenters. The summed E-state index contributed by atoms with van der Waals surface area (Å²) >= 11 is 0. The standard InChI is InChI=1S/C16H21N3O3/c1-10(2)7-12-9-22-6-5-19(12)15(20)11-3-4-13-14(8-11)18-16(21)17-13/h3-4,8,10,12H,5-7,9H2,1-2H3,(H2,17,18,21)/t12-/m0/s1. The third kappa shape index (κ3) is 2.92. The Morgan fingerprint density at radius 2 is 2.14 bits per heavy atom. The molecular weight excluding hydrogens is 282 g/mol. The molecule has 2 aromatic rings. The zero-order valence-electron chi connectivity index (χ0n) is 12.9. The minimum absolute atomic E-state index is 0.00195. The van der Waals surface area contributed by atoms with Gasteiger partial charge in [0.2, 0.25) is 0 Å². The molecule has 6 nitrogen and oxygen atoms in total. The van der Waals surface area contributed by atoms with Crippen LogP contribution in [0.5, 0.6) is 0 Å². The second-order valence-electron chi connectivity index (χ2n) is 6.20. The fraction of sp³-hybridized carbons (Fsp3) is 0.500. The number of hydrogen-bond acceptors (Lipinski definition) is 3. The van der Waals surface area contributed by atoms with Crippen molar-refractivity contribution in [1.29, 1.82) is 0 Å². The van der Waals surface area contributed by atoms with Crippen molar-refractivity contribution >= 4 is 16.9 Å². The van der Waals surface area contributed by atoms with E-state index in [0.717, 1.165) is 6.42 Å². The van der Waals surface area contributed by atoms with Crippen LogP contribution in [-0.2, 0) is 4.74 Å². The summed E-state index contributed by atoms with van der Waals surface area (Å²) in [5.41, 5.74) is 1.70. The van der Waals surface area contributed by atoms with Gasteiger partial charge in [-0.15, -0.1) is 0 Å². The lowest BCUT2D eigenvalue weighted by Gasteiger charge is -2.36. The fourth-order valence-electron chi connectivity index (χ4n) is 2.99. The van der Waals surface area contributed by atoms with E-state index in [1.807, 2.05) is 4.90 Å². The van der Waals surface area contributed by atoms with Crippen LogP contribution in [0.1, 0.15) is 30.6 Å². The topological polar surface area (TPSA) is 78.2 Å². The molecule has 1 atom stereocenters. The average molecular weight is 303 g/mol. The highest BCUT2D eigenvalue weighted by Crippen LogP contribution is 2.20. The van der Waals surface area contributed by atoms with E-state index in [1.54, 1.807) is 18.2 Å². The number of H-pyrrole nitrogens is 2. The number of hydrogen-bond donors (Lipinski definition) is 2. The molecule has 1 amide bonds. The first kappa shape index (κ1) is 14.8. The Morgan fingerprint density at radius 3 is 2.91 bits per heavy atom. The van der Waals surface area contributed by atoms with E-state index in [1.165, 1.54) is 0 Å². The number of aromatic nitrogens is 2. The summed E-state index contributed by atoms with van der Waals surface area (Å²) in [6.45, 7) is 6.07. The lowest BCUT2D eigenvalue weighted by atomic mass is 10.0. The van der Waals surface area contributed by atoms with Crippen LogP contribution >= 0.6 is 0 Å². The Labute approximate surface area is 128 Å². The highest BCUT2D eigenvalue weighted by Gasteiger charge is 2.28. The SMILES string of the molecule is CC(C)C[C@H]1COCCN1C(=O)c1ccc2[nH]c(=O)[nH]c2c1. The summed E-state index contributed by atoms with van der Waals surface area (Å²) < 4.78 is 5.53. The zero-order valence-corrected chi connectivity index (χ0v) is 12.9. The van der Waals surface area contributed by atoms with Crippen LogP contribution in [0.3, 0.4) is 0 Å². The highest BCUT2D eigenvalue weighted by atomic mass is 16.5. The Balaban J connectivity index is 1.87. The van der Waals surface area contributed by atoms with E-state index in [2.05, 4.69) is 23.8 Å². The lowest BCUT2D eigenvalue weighted by Crippen LogP contribution is -2.49. The number of carbonyl (C=O) groups excluding carboxylic acids is 1. The number of benzene rings is 1. The number of morpholine rings is 1. The Morgan fingerprint density at radius 1 is 1.36 bits per heavy atom. The summed E-state index contributed by atoms with van der Waals surface area (Å²) in [6, 6.07) is 5.37. The number of imidazole rings is 1. The highest BCUT2D eigenvalue weighted by molar-refractivity contribution is 5.97. The number of aromatic amines is 2. The van der Waals surface area contributed by atoms with Crippen molar-refractivity contribution in [1.82, 2.24) is 14.9 Å². The van der Waals surface area contributed by atoms with Gasteiger partial charge in [0.15, 0.2) is 0 Å². The molecule has 2 heterocycles. The van der Waals surface area contributed by atoms with Crippen LogP contribution < -0.4 is 5.69 Å². The molecule has 0 saturated carbocycles. The first-order valence-corrected chi connectivity index (χ1v) is 7.65. The van der Waals surface area contributed by atoms with Gasteiger partial charge in [0.25, 0.3) is 5.91 Å². The predicted octanol–water partition coefficient (Wildman–Crippen LogP) is 1.74. The third-order valence-corrected chi connectivity index (χ3v) is 3.99. The zero-order chi connectivity index (χ0) is 15.7. The molecule has 1 aromatic carbocycles. The van der Waals surface area contributed by atoms with Crippen molar-refractivity contribution in [3.8, 4) is 0 Å². The second kappa shape index (κ2) is 5.96. The number of fused-ring (bicyclic) bond motifs is 1. The summed E-state index contributed by atoms with van der Waals surface area (Å²) in [7, 11) is 0. The number of rotatable bonds is 3. The minimum Gasteiger partial charge on any atom is -0.377 e. The van der Waals surface area contributed by atoms with Crippen molar-refractivity contribution in [3.05, 3.63) is 34.2 Å². The number of nitrogens with one attached hydrogen (secondary N) is 2. The molecule has 1 aromatic heterocycles. The number of nitrogens with zero attached hydrogens (tertiary/aromatic N) is 1. The summed E-state index contributed by atoms with van der Waals surface area (Å²) in [5.74, 6) is 0.503. The quantitative estimate of drug-likeness (QED) is 0.906. The van der Waals surface area contributed by atoms with Gasteiger partial charge in [0.1, 0.15) is 0 Å². The maximum Gasteiger partial charge on any atom is 0.323 e. The van der Waals surface area contributed by atoms with Crippen LogP contribution in [0, 0.1) is 5.92 Å². The van der Waals surface area contributed by atoms with Gasteiger partial charge in [-0.2, -0.15) is 0 Å². The third-order valence-electron chi connectivity index (χ3n) is 3.99. The predicted molar refractivity (Wildman–Crippen MR) is 84.0 cm³/mol. The molecule has 0 spiro atoms. The Bertz CT molecular complexity index is 732. The van der Waals surface area contributed by atoms with Crippen molar-refractivity contribution in [3.63, 3.8) is 0 Å². The van der Waals surface area contributed by atoms with Crippen LogP contribution in [0.25, 0.3) is 11.0 Å². The molecule has 1 saturated heterocycles. The van der Waals surface area contributed by atoms with Crippen LogP contribution in [0.15, 0.2) is 23.0 Å². The first-order valence-electron chi connectivity index (χ1n) is 7.65. The van der Waals surface area contributed by atoms with E-state index in [-0.39, 0.29) is 17.6 Å². The largest absolute Gasteiger partial charge is 0.377 e. The van der Waals surface area contributed by atoms with Crippen molar-refractivity contribution in [2.24, 2.45) is 5.92 Å². The van der Waals surface area contributed by atoms with Gasteiger partial charge in [-0.1, -0.05) is 13.8 Å². The van der Waals surface area contributed by atoms with E-state index >= 15 is 0 Å². The van der Waals surface area contributed by atoms with Crippen LogP contribution in [0.4, 0.5) is 0 Å². The molecule has 0 bridgehead atoms. The number of carbonyl (C=O) groups is 1. The summed E-state index contributed by atoms with van der Waals surface area (Å²) in [6.07, 6.45) is 0.926. The van der Waals surface area contributed by atoms with Gasteiger partial charge in [0.05, 0.1) is 30.3 Å². The molecule has 1 aliphatic heterocycles. The fourth-order valence-corrected chi connectivity index (χ4v) is 2.99. The van der Waals surface area contributed by atoms with E-state index in [9.17, 15) is 9.59 Å². The molecule has 2 N–H and O–H groups in total. The normalized spacial score (nSPS) is 19.0. The molecular formula is C16H21N3O3. The van der Waals surface area contributed by atoms with Gasteiger partial charge >= 0.3 is 5.69 Å². The van der Waals surface area contributed by atoms with Gasteiger partial charge in [-0.25, -0.2) is 4.79 Å². The van der Waals surface area contributed by atoms with E-state index in [0.29, 0.717) is 42.3 Å². The Hall–Kier alpha value is -2.08. The van der Waals surface area contributed by atoms with Crippen LogP contribution in [-0.4, -0.2) is 46.6 Å². The van der Waals surface area contributed by atoms with Crippen molar-refractivity contribution < 1.29 is 9.53 Å². The molecule has 1 fully saturated rings. The maximum absolute atomic E-state index is 12.8. The van der Waals surface area contributed by atoms with Crippen LogP contribution in [0.2, 0.25) is 0 Å². The number of ether oxygens (including phenoxy) is 1. The Kier molecular flexibility index (Phi) is 4.02. The van der Waals surface area contributed by atoms with E-state index < -0.39 is 0 Å². The van der Waals surface area contributed by atoms with Crippen molar-refractivity contribution in [2.45, 2.75) is 26.3 Å². The molecule has 3 rings (SSSR count). The van der Waals surface area contributed by atoms with Gasteiger partial charge in [-0.05, 0) is 30.5 Å². The smallest absolute Gasteiger partial charge is 0.323 e. The van der Waals surface area contributed by atoms with Gasteiger partial charge < -0.3 is 19.6 Å². The molecule has 0 radical (unpaired) electrons. The summed E-state index contributed by atoms with van der Waals surface area (Å²) in [4.78, 5) is 31.4. The van der Waals surface area contributed by atoms with E-state index in [4.69, 9.17) is 4.74 Å². The maximum atomic E-state index is 12.8. The molecule has 6 heteroatoms. The van der Waals surface area contributed by atoms with Gasteiger partial charge in [0, 0.05) is 12.1 Å². The monoisotopic (exact) mass is 303 g/mol. The van der Waals surface area contributed by atoms with Crippen molar-refractivity contribution in [2.75, 3.05) is 19.8 Å². The molecule has 22 heavy (non-hydrogen) atoms. The summed E-state index contributed by atoms with van der Waals surface area (Å²) in [5, 5.41) is 0. The molecule has 1 aliphatic rings. The lowest BCUT2D eigenvalue weighted by molar-refractivity contribution is -0.00745. The minimum atomic E-state index is -0.261.